The van der Waals surface area contributed by atoms with Crippen molar-refractivity contribution >= 4 is 13.9 Å². The molecule has 0 aromatic heterocycles. The molecule has 60 valence electrons. The van der Waals surface area contributed by atoms with Gasteiger partial charge in [0.05, 0.1) is 0 Å². The van der Waals surface area contributed by atoms with Crippen molar-refractivity contribution < 1.29 is 19.2 Å². The molecule has 0 rings (SSSR count). The molecule has 0 aromatic rings. The quantitative estimate of drug-likeness (QED) is 0.296. The van der Waals surface area contributed by atoms with Gasteiger partial charge < -0.3 is 0 Å². The van der Waals surface area contributed by atoms with E-state index in [9.17, 15) is 4.79 Å². The van der Waals surface area contributed by atoms with Crippen LogP contribution in [-0.2, 0) is 9.42 Å². The van der Waals surface area contributed by atoms with Gasteiger partial charge in [-0.3, -0.25) is 0 Å². The first-order valence-electron chi connectivity index (χ1n) is 2.51. The van der Waals surface area contributed by atoms with Crippen LogP contribution in [-0.4, -0.2) is 22.4 Å². The van der Waals surface area contributed by atoms with Crippen molar-refractivity contribution in [2.45, 2.75) is 0 Å². The molecule has 0 radical (unpaired) electrons. The number of hydroxylamine groups is 1. The summed E-state index contributed by atoms with van der Waals surface area (Å²) in [6.07, 6.45) is 0.958. The maximum atomic E-state index is 10.3. The zero-order valence-electron chi connectivity index (χ0n) is 5.50. The van der Waals surface area contributed by atoms with E-state index in [0.29, 0.717) is 0 Å². The predicted octanol–water partition coefficient (Wildman–Crippen LogP) is -0.671. The number of rotatable bonds is 3. The summed E-state index contributed by atoms with van der Waals surface area (Å²) in [7, 11) is -3.62. The number of nitrogens with one attached hydrogen (secondary N) is 1. The zero-order valence-corrected chi connectivity index (χ0v) is 6.50. The van der Waals surface area contributed by atoms with Gasteiger partial charge in [0.2, 0.25) is 0 Å². The minimum atomic E-state index is -3.62. The Hall–Kier alpha value is -0.480. The molecule has 0 heterocycles. The van der Waals surface area contributed by atoms with Crippen molar-refractivity contribution in [3.8, 4) is 0 Å². The van der Waals surface area contributed by atoms with E-state index in [2.05, 4.69) is 11.2 Å². The molecular weight excluding hydrogens is 157 g/mol. The van der Waals surface area contributed by atoms with E-state index in [1.54, 1.807) is 5.48 Å². The number of hydrogen-bond acceptors (Lipinski definition) is 4. The molecule has 0 spiro atoms. The van der Waals surface area contributed by atoms with Gasteiger partial charge in [-0.1, -0.05) is 0 Å². The standard InChI is InChI=1S/C4H10NO4P/c1-3-4(6)5-9-10(2,7)8/h3,7-8,10H,1H2,2H3,(H,5,6). The monoisotopic (exact) mass is 167 g/mol. The van der Waals surface area contributed by atoms with Gasteiger partial charge in [-0.2, -0.15) is 0 Å². The average Bonchev–Trinajstić information content (AvgIpc) is 1.81. The van der Waals surface area contributed by atoms with Crippen LogP contribution in [0.1, 0.15) is 0 Å². The van der Waals surface area contributed by atoms with Crippen LogP contribution in [0.3, 0.4) is 0 Å². The van der Waals surface area contributed by atoms with Gasteiger partial charge in [-0.25, -0.2) is 0 Å². The molecule has 1 amide bonds. The Morgan fingerprint density at radius 3 is 2.60 bits per heavy atom. The predicted molar refractivity (Wildman–Crippen MR) is 38.1 cm³/mol. The van der Waals surface area contributed by atoms with Crippen molar-refractivity contribution in [2.75, 3.05) is 6.66 Å². The summed E-state index contributed by atoms with van der Waals surface area (Å²) in [6, 6.07) is 0. The van der Waals surface area contributed by atoms with Crippen molar-refractivity contribution in [1.82, 2.24) is 5.48 Å². The number of carbonyl (C=O) groups is 1. The summed E-state index contributed by atoms with van der Waals surface area (Å²) in [5.74, 6) is -0.609. The van der Waals surface area contributed by atoms with E-state index in [1.807, 2.05) is 0 Å². The van der Waals surface area contributed by atoms with Crippen LogP contribution in [0.25, 0.3) is 0 Å². The third-order valence-electron chi connectivity index (χ3n) is 0.530. The molecule has 10 heavy (non-hydrogen) atoms. The topological polar surface area (TPSA) is 78.8 Å². The summed E-state index contributed by atoms with van der Waals surface area (Å²) < 4.78 is 4.16. The van der Waals surface area contributed by atoms with Gasteiger partial charge in [-0.05, 0) is 0 Å². The molecule has 0 saturated heterocycles. The Balaban J connectivity index is 3.55. The third kappa shape index (κ3) is 5.65. The van der Waals surface area contributed by atoms with Crippen molar-refractivity contribution in [2.24, 2.45) is 0 Å². The Bertz CT molecular complexity index is 141. The number of hydrogen-bond donors (Lipinski definition) is 3. The van der Waals surface area contributed by atoms with Crippen LogP contribution >= 0.6 is 7.94 Å². The molecule has 0 aliphatic rings. The van der Waals surface area contributed by atoms with Crippen molar-refractivity contribution in [1.29, 1.82) is 0 Å². The van der Waals surface area contributed by atoms with E-state index < -0.39 is 13.9 Å². The summed E-state index contributed by atoms with van der Waals surface area (Å²) in [6.45, 7) is 4.22. The SMILES string of the molecule is C=CC(=O)NO[PH](C)(O)O. The van der Waals surface area contributed by atoms with Crippen LogP contribution < -0.4 is 5.48 Å². The molecule has 0 atom stereocenters. The van der Waals surface area contributed by atoms with Crippen LogP contribution in [0.15, 0.2) is 12.7 Å². The Labute approximate surface area is 58.9 Å². The maximum absolute atomic E-state index is 10.3. The normalized spacial score (nSPS) is 12.3. The van der Waals surface area contributed by atoms with Gasteiger partial charge in [0, 0.05) is 0 Å². The fourth-order valence-corrected chi connectivity index (χ4v) is 0.483. The van der Waals surface area contributed by atoms with Crippen molar-refractivity contribution in [3.63, 3.8) is 0 Å². The third-order valence-corrected chi connectivity index (χ3v) is 1.02. The minimum absolute atomic E-state index is 0.609. The first kappa shape index (κ1) is 9.52. The van der Waals surface area contributed by atoms with E-state index in [1.165, 1.54) is 0 Å². The van der Waals surface area contributed by atoms with Crippen LogP contribution in [0.5, 0.6) is 0 Å². The molecule has 6 heteroatoms. The van der Waals surface area contributed by atoms with Crippen LogP contribution in [0.4, 0.5) is 0 Å². The Morgan fingerprint density at radius 2 is 2.30 bits per heavy atom. The van der Waals surface area contributed by atoms with Crippen LogP contribution in [0.2, 0.25) is 0 Å². The number of amides is 1. The second-order valence-electron chi connectivity index (χ2n) is 1.71. The molecule has 0 unspecified atom stereocenters. The molecule has 0 aromatic carbocycles. The number of carbonyl (C=O) groups excluding carboxylic acids is 1. The second-order valence-corrected chi connectivity index (χ2v) is 3.78. The van der Waals surface area contributed by atoms with Gasteiger partial charge in [0.25, 0.3) is 0 Å². The zero-order chi connectivity index (χ0) is 8.20. The molecule has 0 aliphatic heterocycles. The first-order chi connectivity index (χ1) is 4.45. The van der Waals surface area contributed by atoms with Gasteiger partial charge in [0.1, 0.15) is 0 Å². The molecule has 5 nitrogen and oxygen atoms in total. The van der Waals surface area contributed by atoms with Gasteiger partial charge in [-0.15, -0.1) is 0 Å². The van der Waals surface area contributed by atoms with Crippen LogP contribution in [0, 0.1) is 0 Å². The average molecular weight is 167 g/mol. The van der Waals surface area contributed by atoms with E-state index in [-0.39, 0.29) is 0 Å². The molecule has 0 aliphatic carbocycles. The fraction of sp³-hybridized carbons (Fsp3) is 0.250. The second kappa shape index (κ2) is 3.63. The fourth-order valence-electron chi connectivity index (χ4n) is 0.189. The molecule has 0 fully saturated rings. The Kier molecular flexibility index (Phi) is 3.46. The first-order valence-corrected chi connectivity index (χ1v) is 4.81. The molecular formula is C4H10NO4P. The summed E-state index contributed by atoms with van der Waals surface area (Å²) in [4.78, 5) is 27.5. The summed E-state index contributed by atoms with van der Waals surface area (Å²) in [5, 5.41) is 0. The van der Waals surface area contributed by atoms with E-state index in [0.717, 1.165) is 12.7 Å². The van der Waals surface area contributed by atoms with Crippen molar-refractivity contribution in [3.05, 3.63) is 12.7 Å². The molecule has 0 bridgehead atoms. The van der Waals surface area contributed by atoms with E-state index in [4.69, 9.17) is 9.79 Å². The molecule has 3 N–H and O–H groups in total. The summed E-state index contributed by atoms with van der Waals surface area (Å²) >= 11 is 0. The summed E-state index contributed by atoms with van der Waals surface area (Å²) in [5.41, 5.74) is 1.78. The Morgan fingerprint density at radius 1 is 1.80 bits per heavy atom. The van der Waals surface area contributed by atoms with E-state index >= 15 is 0 Å². The molecule has 0 saturated carbocycles. The van der Waals surface area contributed by atoms with Gasteiger partial charge in [0.15, 0.2) is 0 Å². The van der Waals surface area contributed by atoms with Gasteiger partial charge >= 0.3 is 57.9 Å².